The smallest absolute Gasteiger partial charge is 0.337 e. The molecule has 0 aromatic heterocycles. The van der Waals surface area contributed by atoms with Gasteiger partial charge in [0.25, 0.3) is 14.3 Å². The summed E-state index contributed by atoms with van der Waals surface area (Å²) in [6.07, 6.45) is 15.0. The average molecular weight is 687 g/mol. The second kappa shape index (κ2) is 11.4. The molecule has 5 aliphatic carbocycles. The molecule has 0 amide bonds. The highest BCUT2D eigenvalue weighted by Gasteiger charge is 2.69. The Morgan fingerprint density at radius 1 is 0.837 bits per heavy atom. The zero-order valence-corrected chi connectivity index (χ0v) is 34.2. The molecule has 0 aliphatic heterocycles. The lowest BCUT2D eigenvalue weighted by Crippen LogP contribution is -2.64. The number of hydrogen-bond donors (Lipinski definition) is 0. The van der Waals surface area contributed by atoms with E-state index in [9.17, 15) is 9.59 Å². The van der Waals surface area contributed by atoms with Gasteiger partial charge in [-0.2, -0.15) is 0 Å². The van der Waals surface area contributed by atoms with E-state index in [1.54, 1.807) is 5.57 Å². The van der Waals surface area contributed by atoms with Crippen LogP contribution in [0.5, 0.6) is 0 Å². The van der Waals surface area contributed by atoms with Crippen molar-refractivity contribution in [2.75, 3.05) is 7.11 Å². The lowest BCUT2D eigenvalue weighted by molar-refractivity contribution is -0.176. The molecule has 3 fully saturated rings. The molecular formula is C44H66O4Si. The molecule has 7 unspecified atom stereocenters. The van der Waals surface area contributed by atoms with Gasteiger partial charge < -0.3 is 9.16 Å². The Morgan fingerprint density at radius 3 is 2.08 bits per heavy atom. The highest BCUT2D eigenvalue weighted by atomic mass is 28.4. The number of esters is 1. The van der Waals surface area contributed by atoms with Gasteiger partial charge in [0.1, 0.15) is 0 Å². The summed E-state index contributed by atoms with van der Waals surface area (Å²) in [5.74, 6) is 1.24. The van der Waals surface area contributed by atoms with Gasteiger partial charge in [-0.05, 0) is 144 Å². The molecule has 3 saturated carbocycles. The van der Waals surface area contributed by atoms with E-state index in [1.165, 1.54) is 31.1 Å². The molecule has 0 heterocycles. The monoisotopic (exact) mass is 686 g/mol. The Hall–Kier alpha value is -2.14. The fourth-order valence-corrected chi connectivity index (χ4v) is 13.1. The van der Waals surface area contributed by atoms with E-state index in [1.807, 2.05) is 12.1 Å². The molecule has 270 valence electrons. The summed E-state index contributed by atoms with van der Waals surface area (Å²) in [5, 5.41) is -0.000597. The number of ether oxygens (including phenoxy) is 1. The van der Waals surface area contributed by atoms with Crippen LogP contribution in [0, 0.1) is 50.2 Å². The summed E-state index contributed by atoms with van der Waals surface area (Å²) in [6.45, 7) is 28.9. The van der Waals surface area contributed by atoms with Gasteiger partial charge in [-0.25, -0.2) is 4.79 Å². The summed E-state index contributed by atoms with van der Waals surface area (Å²) in [4.78, 5) is 26.8. The van der Waals surface area contributed by atoms with Crippen molar-refractivity contribution in [3.05, 3.63) is 53.1 Å². The maximum absolute atomic E-state index is 14.7. The zero-order valence-electron chi connectivity index (χ0n) is 33.2. The van der Waals surface area contributed by atoms with Gasteiger partial charge in [-0.1, -0.05) is 99.1 Å². The molecule has 7 atom stereocenters. The molecule has 6 rings (SSSR count). The van der Waals surface area contributed by atoms with Gasteiger partial charge in [0.05, 0.1) is 18.1 Å². The summed E-state index contributed by atoms with van der Waals surface area (Å²) in [5.41, 5.74) is 5.10. The van der Waals surface area contributed by atoms with Crippen molar-refractivity contribution in [3.8, 4) is 0 Å². The first kappa shape index (κ1) is 36.6. The van der Waals surface area contributed by atoms with Gasteiger partial charge in [-0.3, -0.25) is 4.79 Å². The quantitative estimate of drug-likeness (QED) is 0.180. The fourth-order valence-electron chi connectivity index (χ4n) is 12.1. The minimum absolute atomic E-state index is 0.000597. The van der Waals surface area contributed by atoms with Crippen LogP contribution in [-0.2, 0) is 14.0 Å². The van der Waals surface area contributed by atoms with Crippen molar-refractivity contribution < 1.29 is 18.8 Å². The molecular weight excluding hydrogens is 621 g/mol. The Bertz CT molecular complexity index is 1570. The summed E-state index contributed by atoms with van der Waals surface area (Å²) < 4.78 is 11.7. The first-order valence-corrected chi connectivity index (χ1v) is 22.2. The van der Waals surface area contributed by atoms with Gasteiger partial charge in [0.15, 0.2) is 0 Å². The Balaban J connectivity index is 1.37. The Kier molecular flexibility index (Phi) is 8.55. The van der Waals surface area contributed by atoms with Gasteiger partial charge >= 0.3 is 5.97 Å². The van der Waals surface area contributed by atoms with Crippen LogP contribution in [0.25, 0.3) is 5.57 Å². The molecule has 1 aromatic carbocycles. The molecule has 0 radical (unpaired) electrons. The predicted molar refractivity (Wildman–Crippen MR) is 203 cm³/mol. The number of rotatable bonds is 4. The van der Waals surface area contributed by atoms with Crippen LogP contribution in [0.15, 0.2) is 42.0 Å². The second-order valence-electron chi connectivity index (χ2n) is 20.6. The van der Waals surface area contributed by atoms with E-state index in [0.29, 0.717) is 17.4 Å². The molecule has 0 spiro atoms. The highest BCUT2D eigenvalue weighted by Crippen LogP contribution is 2.76. The standard InChI is InChI=1S/C44H66O4Si/c1-38(2,3)49(12,13)48-37(46)44-26-24-39(4,5)28-33(44)32-18-19-35-41(8)22-20-31(29-14-16-30(17-15-29)36(45)47-11)40(6,7)34(41)21-23-43(35,10)42(32,9)25-27-44/h14-18,20,33-35H,19,21-28H2,1-13H3. The van der Waals surface area contributed by atoms with Gasteiger partial charge in [0.2, 0.25) is 0 Å². The Morgan fingerprint density at radius 2 is 1.47 bits per heavy atom. The molecule has 0 saturated heterocycles. The minimum Gasteiger partial charge on any atom is -0.519 e. The van der Waals surface area contributed by atoms with Gasteiger partial charge in [-0.15, -0.1) is 0 Å². The van der Waals surface area contributed by atoms with E-state index >= 15 is 0 Å². The number of fused-ring (bicyclic) bond motifs is 7. The number of benzene rings is 1. The normalized spacial score (nSPS) is 38.0. The van der Waals surface area contributed by atoms with Crippen LogP contribution >= 0.6 is 0 Å². The molecule has 4 nitrogen and oxygen atoms in total. The number of hydrogen-bond acceptors (Lipinski definition) is 4. The van der Waals surface area contributed by atoms with Crippen molar-refractivity contribution in [1.82, 2.24) is 0 Å². The number of allylic oxidation sites excluding steroid dienone is 4. The molecule has 1 aromatic rings. The summed E-state index contributed by atoms with van der Waals surface area (Å²) >= 11 is 0. The molecule has 5 heteroatoms. The van der Waals surface area contributed by atoms with Crippen molar-refractivity contribution in [2.24, 2.45) is 50.2 Å². The fraction of sp³-hybridized carbons (Fsp3) is 0.727. The number of carbonyl (C=O) groups is 2. The van der Waals surface area contributed by atoms with E-state index in [-0.39, 0.29) is 50.0 Å². The topological polar surface area (TPSA) is 52.6 Å². The largest absolute Gasteiger partial charge is 0.519 e. The molecule has 0 N–H and O–H groups in total. The van der Waals surface area contributed by atoms with Crippen LogP contribution in [-0.4, -0.2) is 27.4 Å². The van der Waals surface area contributed by atoms with Crippen molar-refractivity contribution >= 4 is 25.8 Å². The Labute approximate surface area is 299 Å². The first-order valence-electron chi connectivity index (χ1n) is 19.3. The lowest BCUT2D eigenvalue weighted by atomic mass is 9.33. The van der Waals surface area contributed by atoms with E-state index < -0.39 is 13.7 Å². The minimum atomic E-state index is -2.25. The van der Waals surface area contributed by atoms with Crippen molar-refractivity contribution in [3.63, 3.8) is 0 Å². The SMILES string of the molecule is COC(=O)c1ccc(C2=CCC3(C)C(CCC4(C)C3CC=C3C5CC(C)(C)CCC5(C(=O)O[Si](C)(C)C(C)(C)C)CCC34C)C2(C)C)cc1. The summed E-state index contributed by atoms with van der Waals surface area (Å²) in [6, 6.07) is 8.05. The number of methoxy groups -OCH3 is 1. The summed E-state index contributed by atoms with van der Waals surface area (Å²) in [7, 11) is -0.814. The van der Waals surface area contributed by atoms with Crippen LogP contribution in [0.4, 0.5) is 0 Å². The van der Waals surface area contributed by atoms with E-state index in [4.69, 9.17) is 9.16 Å². The third kappa shape index (κ3) is 5.31. The zero-order chi connectivity index (χ0) is 36.2. The molecule has 5 aliphatic rings. The van der Waals surface area contributed by atoms with Crippen molar-refractivity contribution in [2.45, 2.75) is 145 Å². The third-order valence-corrected chi connectivity index (χ3v) is 20.7. The second-order valence-corrected chi connectivity index (χ2v) is 25.4. The van der Waals surface area contributed by atoms with Crippen LogP contribution < -0.4 is 0 Å². The van der Waals surface area contributed by atoms with E-state index in [2.05, 4.69) is 107 Å². The lowest BCUT2D eigenvalue weighted by Gasteiger charge is -2.70. The molecule has 49 heavy (non-hydrogen) atoms. The third-order valence-electron chi connectivity index (χ3n) is 16.4. The highest BCUT2D eigenvalue weighted by molar-refractivity contribution is 6.75. The average Bonchev–Trinajstić information content (AvgIpc) is 3.00. The van der Waals surface area contributed by atoms with Crippen LogP contribution in [0.1, 0.15) is 143 Å². The van der Waals surface area contributed by atoms with E-state index in [0.717, 1.165) is 44.9 Å². The van der Waals surface area contributed by atoms with Crippen molar-refractivity contribution in [1.29, 1.82) is 0 Å². The predicted octanol–water partition coefficient (Wildman–Crippen LogP) is 11.8. The first-order chi connectivity index (χ1) is 22.5. The molecule has 0 bridgehead atoms. The van der Waals surface area contributed by atoms with Crippen LogP contribution in [0.2, 0.25) is 18.1 Å². The van der Waals surface area contributed by atoms with Crippen LogP contribution in [0.3, 0.4) is 0 Å². The maximum atomic E-state index is 14.7. The van der Waals surface area contributed by atoms with Gasteiger partial charge in [0, 0.05) is 0 Å². The maximum Gasteiger partial charge on any atom is 0.337 e. The number of carbonyl (C=O) groups excluding carboxylic acids is 2.